The molecule has 0 unspecified atom stereocenters. The molecule has 0 atom stereocenters. The van der Waals surface area contributed by atoms with Crippen LogP contribution in [0.1, 0.15) is 23.6 Å². The van der Waals surface area contributed by atoms with Gasteiger partial charge in [0.15, 0.2) is 0 Å². The van der Waals surface area contributed by atoms with Crippen molar-refractivity contribution >= 4 is 29.6 Å². The maximum Gasteiger partial charge on any atom is 0.335 e. The fourth-order valence-corrected chi connectivity index (χ4v) is 3.93. The van der Waals surface area contributed by atoms with E-state index in [4.69, 9.17) is 14.2 Å². The number of imide groups is 2. The number of methoxy groups -OCH3 is 1. The second-order valence-electron chi connectivity index (χ2n) is 8.40. The first kappa shape index (κ1) is 25.5. The first-order valence-electron chi connectivity index (χ1n) is 11.9. The average Bonchev–Trinajstić information content (AvgIpc) is 2.89. The summed E-state index contributed by atoms with van der Waals surface area (Å²) in [6, 6.07) is 18.7. The molecular formula is C29H28N2O6. The molecule has 190 valence electrons. The van der Waals surface area contributed by atoms with Crippen molar-refractivity contribution in [3.05, 3.63) is 89.0 Å². The van der Waals surface area contributed by atoms with Gasteiger partial charge in [0.1, 0.15) is 36.0 Å². The van der Waals surface area contributed by atoms with Crippen LogP contribution >= 0.6 is 0 Å². The standard InChI is InChI=1S/C29H28N2O6/c1-4-20-15-19(2)16-24(17-20)36-13-14-37-26-8-6-5-7-21(26)18-25-27(32)30-29(34)31(28(25)33)22-9-11-23(35-3)12-10-22/h5-12,15-18H,4,13-14H2,1-3H3,(H,30,32,34)/b25-18-. The summed E-state index contributed by atoms with van der Waals surface area (Å²) in [7, 11) is 1.52. The van der Waals surface area contributed by atoms with Crippen LogP contribution < -0.4 is 24.4 Å². The number of para-hydroxylation sites is 1. The molecule has 1 aliphatic heterocycles. The fourth-order valence-electron chi connectivity index (χ4n) is 3.93. The van der Waals surface area contributed by atoms with Crippen LogP contribution in [0.4, 0.5) is 10.5 Å². The molecule has 0 saturated carbocycles. The number of amides is 4. The molecule has 1 aliphatic rings. The Bertz CT molecular complexity index is 1350. The van der Waals surface area contributed by atoms with Crippen molar-refractivity contribution in [3.63, 3.8) is 0 Å². The summed E-state index contributed by atoms with van der Waals surface area (Å²) in [5, 5.41) is 2.23. The van der Waals surface area contributed by atoms with Gasteiger partial charge in [0.05, 0.1) is 12.8 Å². The summed E-state index contributed by atoms with van der Waals surface area (Å²) in [4.78, 5) is 39.2. The van der Waals surface area contributed by atoms with Crippen molar-refractivity contribution < 1.29 is 28.6 Å². The minimum Gasteiger partial charge on any atom is -0.497 e. The van der Waals surface area contributed by atoms with E-state index in [0.717, 1.165) is 22.6 Å². The number of urea groups is 1. The zero-order chi connectivity index (χ0) is 26.4. The van der Waals surface area contributed by atoms with Crippen LogP contribution in [0.3, 0.4) is 0 Å². The molecule has 1 N–H and O–H groups in total. The Morgan fingerprint density at radius 1 is 0.892 bits per heavy atom. The smallest absolute Gasteiger partial charge is 0.335 e. The summed E-state index contributed by atoms with van der Waals surface area (Å²) in [6.45, 7) is 4.69. The molecule has 0 spiro atoms. The van der Waals surface area contributed by atoms with E-state index in [1.165, 1.54) is 18.7 Å². The maximum absolute atomic E-state index is 13.2. The van der Waals surface area contributed by atoms with Crippen LogP contribution in [0.25, 0.3) is 6.08 Å². The summed E-state index contributed by atoms with van der Waals surface area (Å²) in [5.41, 5.74) is 2.98. The van der Waals surface area contributed by atoms with Gasteiger partial charge in [-0.2, -0.15) is 0 Å². The Kier molecular flexibility index (Phi) is 7.88. The number of anilines is 1. The van der Waals surface area contributed by atoms with Crippen LogP contribution in [0, 0.1) is 6.92 Å². The molecule has 0 radical (unpaired) electrons. The lowest BCUT2D eigenvalue weighted by Crippen LogP contribution is -2.54. The third-order valence-corrected chi connectivity index (χ3v) is 5.78. The van der Waals surface area contributed by atoms with E-state index < -0.39 is 17.8 Å². The molecule has 37 heavy (non-hydrogen) atoms. The van der Waals surface area contributed by atoms with Gasteiger partial charge in [-0.3, -0.25) is 14.9 Å². The molecule has 0 aliphatic carbocycles. The van der Waals surface area contributed by atoms with Gasteiger partial charge in [-0.15, -0.1) is 0 Å². The third kappa shape index (κ3) is 5.98. The number of ether oxygens (including phenoxy) is 3. The number of barbiturate groups is 1. The number of carbonyl (C=O) groups is 3. The second-order valence-corrected chi connectivity index (χ2v) is 8.40. The summed E-state index contributed by atoms with van der Waals surface area (Å²) < 4.78 is 16.9. The van der Waals surface area contributed by atoms with Gasteiger partial charge in [-0.05, 0) is 73.0 Å². The van der Waals surface area contributed by atoms with Gasteiger partial charge in [0.25, 0.3) is 11.8 Å². The molecule has 1 heterocycles. The summed E-state index contributed by atoms with van der Waals surface area (Å²) in [5.74, 6) is 0.324. The highest BCUT2D eigenvalue weighted by Gasteiger charge is 2.37. The molecule has 3 aromatic rings. The SMILES string of the molecule is CCc1cc(C)cc(OCCOc2ccccc2/C=C2/C(=O)NC(=O)N(c3ccc(OC)cc3)C2=O)c1. The zero-order valence-corrected chi connectivity index (χ0v) is 20.9. The van der Waals surface area contributed by atoms with Crippen molar-refractivity contribution in [2.75, 3.05) is 25.2 Å². The summed E-state index contributed by atoms with van der Waals surface area (Å²) in [6.07, 6.45) is 2.34. The number of nitrogens with one attached hydrogen (secondary N) is 1. The Hall–Kier alpha value is -4.59. The first-order chi connectivity index (χ1) is 17.9. The molecule has 0 bridgehead atoms. The number of carbonyl (C=O) groups excluding carboxylic acids is 3. The van der Waals surface area contributed by atoms with Crippen LogP contribution in [0.5, 0.6) is 17.2 Å². The minimum atomic E-state index is -0.818. The van der Waals surface area contributed by atoms with E-state index in [-0.39, 0.29) is 12.2 Å². The van der Waals surface area contributed by atoms with Gasteiger partial charge in [0, 0.05) is 5.56 Å². The average molecular weight is 501 g/mol. The largest absolute Gasteiger partial charge is 0.497 e. The number of nitrogens with zero attached hydrogens (tertiary/aromatic N) is 1. The number of aryl methyl sites for hydroxylation is 2. The van der Waals surface area contributed by atoms with E-state index in [2.05, 4.69) is 18.3 Å². The lowest BCUT2D eigenvalue weighted by atomic mass is 10.1. The lowest BCUT2D eigenvalue weighted by Gasteiger charge is -2.26. The quantitative estimate of drug-likeness (QED) is 0.260. The van der Waals surface area contributed by atoms with Crippen molar-refractivity contribution in [3.8, 4) is 17.2 Å². The monoisotopic (exact) mass is 500 g/mol. The van der Waals surface area contributed by atoms with Gasteiger partial charge in [-0.1, -0.05) is 31.2 Å². The van der Waals surface area contributed by atoms with Crippen LogP contribution in [0.15, 0.2) is 72.3 Å². The highest BCUT2D eigenvalue weighted by atomic mass is 16.5. The highest BCUT2D eigenvalue weighted by Crippen LogP contribution is 2.27. The Morgan fingerprint density at radius 2 is 1.62 bits per heavy atom. The summed E-state index contributed by atoms with van der Waals surface area (Å²) >= 11 is 0. The van der Waals surface area contributed by atoms with Gasteiger partial charge in [-0.25, -0.2) is 9.69 Å². The molecule has 8 nitrogen and oxygen atoms in total. The third-order valence-electron chi connectivity index (χ3n) is 5.78. The van der Waals surface area contributed by atoms with Crippen LogP contribution in [-0.4, -0.2) is 38.2 Å². The molecule has 1 saturated heterocycles. The molecule has 8 heteroatoms. The van der Waals surface area contributed by atoms with E-state index in [1.807, 2.05) is 19.1 Å². The number of benzene rings is 3. The predicted molar refractivity (Wildman–Crippen MR) is 140 cm³/mol. The lowest BCUT2D eigenvalue weighted by molar-refractivity contribution is -0.122. The van der Waals surface area contributed by atoms with E-state index in [0.29, 0.717) is 29.4 Å². The zero-order valence-electron chi connectivity index (χ0n) is 20.9. The molecular weight excluding hydrogens is 472 g/mol. The first-order valence-corrected chi connectivity index (χ1v) is 11.9. The van der Waals surface area contributed by atoms with Crippen LogP contribution in [0.2, 0.25) is 0 Å². The molecule has 4 amide bonds. The van der Waals surface area contributed by atoms with Gasteiger partial charge in [0.2, 0.25) is 0 Å². The minimum absolute atomic E-state index is 0.186. The normalized spacial score (nSPS) is 14.5. The van der Waals surface area contributed by atoms with E-state index >= 15 is 0 Å². The number of rotatable bonds is 9. The van der Waals surface area contributed by atoms with E-state index in [1.54, 1.807) is 48.5 Å². The second kappa shape index (κ2) is 11.4. The molecule has 0 aromatic heterocycles. The number of hydrogen-bond acceptors (Lipinski definition) is 6. The highest BCUT2D eigenvalue weighted by molar-refractivity contribution is 6.39. The predicted octanol–water partition coefficient (Wildman–Crippen LogP) is 4.69. The van der Waals surface area contributed by atoms with Gasteiger partial charge < -0.3 is 14.2 Å². The van der Waals surface area contributed by atoms with Gasteiger partial charge >= 0.3 is 6.03 Å². The van der Waals surface area contributed by atoms with Crippen molar-refractivity contribution in [1.29, 1.82) is 0 Å². The molecule has 1 fully saturated rings. The van der Waals surface area contributed by atoms with Crippen molar-refractivity contribution in [1.82, 2.24) is 5.32 Å². The van der Waals surface area contributed by atoms with Crippen LogP contribution in [-0.2, 0) is 16.0 Å². The Labute approximate surface area is 215 Å². The topological polar surface area (TPSA) is 94.2 Å². The molecule has 4 rings (SSSR count). The maximum atomic E-state index is 13.2. The molecule has 3 aromatic carbocycles. The van der Waals surface area contributed by atoms with Crippen molar-refractivity contribution in [2.45, 2.75) is 20.3 Å². The Morgan fingerprint density at radius 3 is 2.35 bits per heavy atom. The fraction of sp³-hybridized carbons (Fsp3) is 0.207. The Balaban J connectivity index is 1.49. The van der Waals surface area contributed by atoms with E-state index in [9.17, 15) is 14.4 Å². The number of hydrogen-bond donors (Lipinski definition) is 1. The van der Waals surface area contributed by atoms with Crippen molar-refractivity contribution in [2.24, 2.45) is 0 Å².